The van der Waals surface area contributed by atoms with Crippen LogP contribution in [0.5, 0.6) is 0 Å². The van der Waals surface area contributed by atoms with E-state index in [0.717, 1.165) is 63.5 Å². The second kappa shape index (κ2) is 8.52. The molecule has 2 aliphatic rings. The number of hydrogen-bond donors (Lipinski definition) is 1. The average molecular weight is 345 g/mol. The first kappa shape index (κ1) is 18.0. The fourth-order valence-corrected chi connectivity index (χ4v) is 3.48. The van der Waals surface area contributed by atoms with Gasteiger partial charge in [0, 0.05) is 59.1 Å². The van der Waals surface area contributed by atoms with E-state index in [9.17, 15) is 0 Å². The van der Waals surface area contributed by atoms with Gasteiger partial charge in [-0.25, -0.2) is 4.98 Å². The molecule has 0 bridgehead atoms. The molecule has 2 saturated heterocycles. The van der Waals surface area contributed by atoms with Gasteiger partial charge < -0.3 is 20.0 Å². The third-order valence-electron chi connectivity index (χ3n) is 5.38. The highest BCUT2D eigenvalue weighted by atomic mass is 15.3. The van der Waals surface area contributed by atoms with Gasteiger partial charge in [-0.1, -0.05) is 13.0 Å². The van der Waals surface area contributed by atoms with Gasteiger partial charge in [0.1, 0.15) is 5.82 Å². The number of piperazine rings is 1. The van der Waals surface area contributed by atoms with E-state index in [2.05, 4.69) is 56.1 Å². The number of guanidine groups is 1. The number of likely N-dealkylation sites (tertiary alicyclic amines) is 1. The first-order chi connectivity index (χ1) is 12.2. The molecular formula is C19H32N6. The summed E-state index contributed by atoms with van der Waals surface area (Å²) in [6.07, 6.45) is 4.50. The van der Waals surface area contributed by atoms with E-state index < -0.39 is 0 Å². The van der Waals surface area contributed by atoms with Crippen LogP contribution >= 0.6 is 0 Å². The van der Waals surface area contributed by atoms with Crippen molar-refractivity contribution in [2.75, 3.05) is 58.3 Å². The standard InChI is InChI=1S/C19H32N6/c1-16-6-8-25(9-7-16)19(20-2)22-15-17-4-5-18(21-14-17)24-12-10-23(3)11-13-24/h4-5,14,16H,6-13,15H2,1-3H3,(H,20,22). The summed E-state index contributed by atoms with van der Waals surface area (Å²) in [6, 6.07) is 4.33. The Morgan fingerprint density at radius 3 is 2.48 bits per heavy atom. The zero-order chi connectivity index (χ0) is 17.6. The normalized spacial score (nSPS) is 20.8. The summed E-state index contributed by atoms with van der Waals surface area (Å²) in [7, 11) is 4.05. The smallest absolute Gasteiger partial charge is 0.193 e. The Morgan fingerprint density at radius 2 is 1.88 bits per heavy atom. The zero-order valence-corrected chi connectivity index (χ0v) is 15.9. The Balaban J connectivity index is 1.51. The highest BCUT2D eigenvalue weighted by Gasteiger charge is 2.18. The Kier molecular flexibility index (Phi) is 6.13. The fraction of sp³-hybridized carbons (Fsp3) is 0.684. The monoisotopic (exact) mass is 344 g/mol. The number of hydrogen-bond acceptors (Lipinski definition) is 4. The maximum Gasteiger partial charge on any atom is 0.193 e. The molecule has 0 atom stereocenters. The molecule has 2 aliphatic heterocycles. The number of nitrogens with one attached hydrogen (secondary N) is 1. The number of aromatic nitrogens is 1. The molecule has 3 heterocycles. The number of piperidine rings is 1. The predicted octanol–water partition coefficient (Wildman–Crippen LogP) is 1.64. The van der Waals surface area contributed by atoms with Crippen molar-refractivity contribution in [2.45, 2.75) is 26.3 Å². The molecule has 0 saturated carbocycles. The number of aliphatic imine (C=N–C) groups is 1. The van der Waals surface area contributed by atoms with Crippen LogP contribution in [0.2, 0.25) is 0 Å². The van der Waals surface area contributed by atoms with E-state index in [1.165, 1.54) is 18.4 Å². The second-order valence-corrected chi connectivity index (χ2v) is 7.39. The van der Waals surface area contributed by atoms with Gasteiger partial charge in [0.25, 0.3) is 0 Å². The Morgan fingerprint density at radius 1 is 1.16 bits per heavy atom. The minimum atomic E-state index is 0.773. The van der Waals surface area contributed by atoms with E-state index in [1.54, 1.807) is 0 Å². The lowest BCUT2D eigenvalue weighted by molar-refractivity contribution is 0.273. The fourth-order valence-electron chi connectivity index (χ4n) is 3.48. The van der Waals surface area contributed by atoms with Crippen molar-refractivity contribution in [3.8, 4) is 0 Å². The van der Waals surface area contributed by atoms with E-state index in [-0.39, 0.29) is 0 Å². The van der Waals surface area contributed by atoms with Crippen LogP contribution < -0.4 is 10.2 Å². The third-order valence-corrected chi connectivity index (χ3v) is 5.38. The summed E-state index contributed by atoms with van der Waals surface area (Å²) < 4.78 is 0. The van der Waals surface area contributed by atoms with Crippen LogP contribution in [0, 0.1) is 5.92 Å². The number of anilines is 1. The lowest BCUT2D eigenvalue weighted by Gasteiger charge is -2.33. The van der Waals surface area contributed by atoms with Gasteiger partial charge in [-0.05, 0) is 37.4 Å². The van der Waals surface area contributed by atoms with Gasteiger partial charge in [0.15, 0.2) is 5.96 Å². The van der Waals surface area contributed by atoms with Gasteiger partial charge in [0.2, 0.25) is 0 Å². The summed E-state index contributed by atoms with van der Waals surface area (Å²) in [5, 5.41) is 3.49. The molecule has 6 heteroatoms. The van der Waals surface area contributed by atoms with Crippen LogP contribution in [0.25, 0.3) is 0 Å². The van der Waals surface area contributed by atoms with Gasteiger partial charge >= 0.3 is 0 Å². The minimum Gasteiger partial charge on any atom is -0.354 e. The summed E-state index contributed by atoms with van der Waals surface area (Å²) in [6.45, 7) is 9.63. The van der Waals surface area contributed by atoms with E-state index in [0.29, 0.717) is 0 Å². The molecule has 1 aromatic heterocycles. The van der Waals surface area contributed by atoms with Crippen molar-refractivity contribution in [2.24, 2.45) is 10.9 Å². The van der Waals surface area contributed by atoms with Crippen LogP contribution in [0.1, 0.15) is 25.3 Å². The molecule has 25 heavy (non-hydrogen) atoms. The van der Waals surface area contributed by atoms with Gasteiger partial charge in [-0.3, -0.25) is 4.99 Å². The van der Waals surface area contributed by atoms with Crippen molar-refractivity contribution in [3.05, 3.63) is 23.9 Å². The highest BCUT2D eigenvalue weighted by molar-refractivity contribution is 5.79. The number of likely N-dealkylation sites (N-methyl/N-ethyl adjacent to an activating group) is 1. The van der Waals surface area contributed by atoms with Gasteiger partial charge in [-0.15, -0.1) is 0 Å². The third kappa shape index (κ3) is 4.84. The summed E-state index contributed by atoms with van der Waals surface area (Å²) >= 11 is 0. The van der Waals surface area contributed by atoms with Gasteiger partial charge in [-0.2, -0.15) is 0 Å². The highest BCUT2D eigenvalue weighted by Crippen LogP contribution is 2.16. The number of pyridine rings is 1. The summed E-state index contributed by atoms with van der Waals surface area (Å²) in [5.74, 6) is 2.93. The predicted molar refractivity (Wildman–Crippen MR) is 104 cm³/mol. The zero-order valence-electron chi connectivity index (χ0n) is 15.9. The van der Waals surface area contributed by atoms with E-state index >= 15 is 0 Å². The Labute approximate surface area is 151 Å². The van der Waals surface area contributed by atoms with Crippen LogP contribution in [0.4, 0.5) is 5.82 Å². The summed E-state index contributed by atoms with van der Waals surface area (Å²) in [5.41, 5.74) is 1.20. The van der Waals surface area contributed by atoms with Crippen molar-refractivity contribution in [1.82, 2.24) is 20.1 Å². The van der Waals surface area contributed by atoms with Crippen LogP contribution in [-0.4, -0.2) is 74.1 Å². The molecule has 0 unspecified atom stereocenters. The molecule has 1 N–H and O–H groups in total. The van der Waals surface area contributed by atoms with Crippen molar-refractivity contribution in [1.29, 1.82) is 0 Å². The lowest BCUT2D eigenvalue weighted by Crippen LogP contribution is -2.45. The van der Waals surface area contributed by atoms with Crippen molar-refractivity contribution >= 4 is 11.8 Å². The SMILES string of the molecule is CN=C(NCc1ccc(N2CCN(C)CC2)nc1)N1CCC(C)CC1. The molecule has 1 aromatic rings. The lowest BCUT2D eigenvalue weighted by atomic mass is 10.00. The van der Waals surface area contributed by atoms with E-state index in [1.807, 2.05) is 13.2 Å². The van der Waals surface area contributed by atoms with E-state index in [4.69, 9.17) is 0 Å². The first-order valence-electron chi connectivity index (χ1n) is 9.49. The van der Waals surface area contributed by atoms with Crippen LogP contribution in [-0.2, 0) is 6.54 Å². The summed E-state index contributed by atoms with van der Waals surface area (Å²) in [4.78, 5) is 16.2. The van der Waals surface area contributed by atoms with Crippen molar-refractivity contribution in [3.63, 3.8) is 0 Å². The molecule has 0 aliphatic carbocycles. The Hall–Kier alpha value is -1.82. The van der Waals surface area contributed by atoms with Gasteiger partial charge in [0.05, 0.1) is 0 Å². The largest absolute Gasteiger partial charge is 0.354 e. The quantitative estimate of drug-likeness (QED) is 0.667. The van der Waals surface area contributed by atoms with Crippen LogP contribution in [0.15, 0.2) is 23.3 Å². The molecule has 2 fully saturated rings. The number of nitrogens with zero attached hydrogens (tertiary/aromatic N) is 5. The molecular weight excluding hydrogens is 312 g/mol. The average Bonchev–Trinajstić information content (AvgIpc) is 2.65. The molecule has 0 spiro atoms. The molecule has 6 nitrogen and oxygen atoms in total. The molecule has 138 valence electrons. The molecule has 0 aromatic carbocycles. The topological polar surface area (TPSA) is 47.0 Å². The maximum atomic E-state index is 4.67. The maximum absolute atomic E-state index is 4.67. The molecule has 0 amide bonds. The number of rotatable bonds is 3. The molecule has 0 radical (unpaired) electrons. The minimum absolute atomic E-state index is 0.773. The Bertz CT molecular complexity index is 554. The second-order valence-electron chi connectivity index (χ2n) is 7.39. The van der Waals surface area contributed by atoms with Crippen molar-refractivity contribution < 1.29 is 0 Å². The first-order valence-corrected chi connectivity index (χ1v) is 9.49. The molecule has 3 rings (SSSR count). The van der Waals surface area contributed by atoms with Crippen LogP contribution in [0.3, 0.4) is 0 Å².